The highest BCUT2D eigenvalue weighted by molar-refractivity contribution is 5.48. The zero-order valence-corrected chi connectivity index (χ0v) is 11.7. The third-order valence-electron chi connectivity index (χ3n) is 3.53. The molecule has 104 valence electrons. The Bertz CT molecular complexity index is 585. The molecule has 6 heteroatoms. The quantitative estimate of drug-likeness (QED) is 0.921. The van der Waals surface area contributed by atoms with E-state index in [4.69, 9.17) is 0 Å². The summed E-state index contributed by atoms with van der Waals surface area (Å²) in [5, 5.41) is 3.13. The van der Waals surface area contributed by atoms with Gasteiger partial charge in [-0.25, -0.2) is 19.9 Å². The van der Waals surface area contributed by atoms with Gasteiger partial charge >= 0.3 is 0 Å². The molecule has 1 atom stereocenters. The van der Waals surface area contributed by atoms with Crippen LogP contribution in [0, 0.1) is 6.92 Å². The summed E-state index contributed by atoms with van der Waals surface area (Å²) in [4.78, 5) is 19.6. The van der Waals surface area contributed by atoms with Gasteiger partial charge in [0.05, 0.1) is 11.7 Å². The van der Waals surface area contributed by atoms with Crippen LogP contribution in [-0.4, -0.2) is 38.4 Å². The van der Waals surface area contributed by atoms with E-state index in [-0.39, 0.29) is 0 Å². The number of anilines is 2. The van der Waals surface area contributed by atoms with E-state index in [2.05, 4.69) is 37.2 Å². The van der Waals surface area contributed by atoms with Gasteiger partial charge in [-0.05, 0) is 39.4 Å². The van der Waals surface area contributed by atoms with E-state index in [9.17, 15) is 0 Å². The van der Waals surface area contributed by atoms with E-state index >= 15 is 0 Å². The van der Waals surface area contributed by atoms with Crippen LogP contribution in [0.2, 0.25) is 0 Å². The van der Waals surface area contributed by atoms with Gasteiger partial charge in [0.2, 0.25) is 5.95 Å². The number of nitrogens with one attached hydrogen (secondary N) is 1. The predicted molar refractivity (Wildman–Crippen MR) is 76.7 cm³/mol. The summed E-state index contributed by atoms with van der Waals surface area (Å²) in [6.07, 6.45) is 5.77. The summed E-state index contributed by atoms with van der Waals surface area (Å²) in [6, 6.07) is 4.17. The summed E-state index contributed by atoms with van der Waals surface area (Å²) in [5.74, 6) is 2.07. The monoisotopic (exact) mass is 270 g/mol. The second kappa shape index (κ2) is 5.50. The molecule has 0 spiro atoms. The van der Waals surface area contributed by atoms with Crippen molar-refractivity contribution in [2.75, 3.05) is 18.9 Å². The van der Waals surface area contributed by atoms with Crippen molar-refractivity contribution in [2.45, 2.75) is 25.8 Å². The predicted octanol–water partition coefficient (Wildman–Crippen LogP) is 2.09. The first-order valence-corrected chi connectivity index (χ1v) is 6.82. The Morgan fingerprint density at radius 2 is 2.05 bits per heavy atom. The minimum atomic E-state index is 0.383. The Hall–Kier alpha value is -2.08. The number of likely N-dealkylation sites (tertiary alicyclic amines) is 1. The zero-order valence-electron chi connectivity index (χ0n) is 11.7. The first-order chi connectivity index (χ1) is 9.72. The smallest absolute Gasteiger partial charge is 0.228 e. The molecule has 2 aromatic rings. The summed E-state index contributed by atoms with van der Waals surface area (Å²) in [5.41, 5.74) is 1.07. The third kappa shape index (κ3) is 2.75. The van der Waals surface area contributed by atoms with Crippen LogP contribution in [0.3, 0.4) is 0 Å². The lowest BCUT2D eigenvalue weighted by Gasteiger charge is -2.19. The van der Waals surface area contributed by atoms with E-state index in [1.54, 1.807) is 18.5 Å². The van der Waals surface area contributed by atoms with Crippen LogP contribution in [0.5, 0.6) is 0 Å². The highest BCUT2D eigenvalue weighted by Gasteiger charge is 2.24. The Morgan fingerprint density at radius 1 is 1.25 bits per heavy atom. The molecule has 0 bridgehead atoms. The number of hydrogen-bond acceptors (Lipinski definition) is 6. The van der Waals surface area contributed by atoms with Crippen molar-refractivity contribution in [3.05, 3.63) is 36.0 Å². The summed E-state index contributed by atoms with van der Waals surface area (Å²) in [6.45, 7) is 3.04. The van der Waals surface area contributed by atoms with Gasteiger partial charge in [0.1, 0.15) is 11.6 Å². The van der Waals surface area contributed by atoms with Crippen LogP contribution in [0.1, 0.15) is 30.4 Å². The normalized spacial score (nSPS) is 19.2. The Labute approximate surface area is 118 Å². The lowest BCUT2D eigenvalue weighted by Crippen LogP contribution is -2.19. The van der Waals surface area contributed by atoms with Crippen LogP contribution in [0.25, 0.3) is 0 Å². The van der Waals surface area contributed by atoms with Gasteiger partial charge in [-0.3, -0.25) is 4.90 Å². The van der Waals surface area contributed by atoms with Gasteiger partial charge in [-0.15, -0.1) is 0 Å². The van der Waals surface area contributed by atoms with Gasteiger partial charge in [-0.1, -0.05) is 0 Å². The topological polar surface area (TPSA) is 66.8 Å². The molecule has 3 heterocycles. The number of nitrogens with zero attached hydrogens (tertiary/aromatic N) is 5. The van der Waals surface area contributed by atoms with Crippen molar-refractivity contribution in [1.82, 2.24) is 24.8 Å². The Kier molecular flexibility index (Phi) is 3.56. The maximum absolute atomic E-state index is 4.57. The molecule has 0 aliphatic carbocycles. The van der Waals surface area contributed by atoms with Crippen molar-refractivity contribution in [3.63, 3.8) is 0 Å². The molecule has 1 unspecified atom stereocenters. The lowest BCUT2D eigenvalue weighted by molar-refractivity contribution is 0.311. The standard InChI is InChI=1S/C14H18N6/c1-10-17-11(12-5-3-8-20(12)2)9-13(18-10)19-14-15-6-4-7-16-14/h4,6-7,9,12H,3,5,8H2,1-2H3,(H,15,16,17,18,19). The highest BCUT2D eigenvalue weighted by Crippen LogP contribution is 2.30. The average Bonchev–Trinajstić information content (AvgIpc) is 2.85. The van der Waals surface area contributed by atoms with Crippen LogP contribution in [0.4, 0.5) is 11.8 Å². The molecule has 1 saturated heterocycles. The number of hydrogen-bond donors (Lipinski definition) is 1. The molecule has 1 fully saturated rings. The molecular weight excluding hydrogens is 252 g/mol. The van der Waals surface area contributed by atoms with Gasteiger partial charge in [0.25, 0.3) is 0 Å². The number of aryl methyl sites for hydroxylation is 1. The average molecular weight is 270 g/mol. The molecule has 2 aromatic heterocycles. The molecule has 3 rings (SSSR count). The van der Waals surface area contributed by atoms with Crippen LogP contribution >= 0.6 is 0 Å². The molecule has 6 nitrogen and oxygen atoms in total. The molecular formula is C14H18N6. The first-order valence-electron chi connectivity index (χ1n) is 6.82. The maximum Gasteiger partial charge on any atom is 0.228 e. The fourth-order valence-electron chi connectivity index (χ4n) is 2.59. The molecule has 1 aliphatic heterocycles. The van der Waals surface area contributed by atoms with E-state index < -0.39 is 0 Å². The van der Waals surface area contributed by atoms with Crippen molar-refractivity contribution in [2.24, 2.45) is 0 Å². The molecule has 1 aliphatic rings. The van der Waals surface area contributed by atoms with Gasteiger partial charge in [0.15, 0.2) is 0 Å². The largest absolute Gasteiger partial charge is 0.309 e. The first kappa shape index (κ1) is 12.9. The highest BCUT2D eigenvalue weighted by atomic mass is 15.2. The van der Waals surface area contributed by atoms with Crippen molar-refractivity contribution in [1.29, 1.82) is 0 Å². The van der Waals surface area contributed by atoms with Crippen LogP contribution in [0.15, 0.2) is 24.5 Å². The number of rotatable bonds is 3. The zero-order chi connectivity index (χ0) is 13.9. The second-order valence-electron chi connectivity index (χ2n) is 5.06. The maximum atomic E-state index is 4.57. The SMILES string of the molecule is Cc1nc(Nc2ncccn2)cc(C2CCCN2C)n1. The summed E-state index contributed by atoms with van der Waals surface area (Å²) < 4.78 is 0. The van der Waals surface area contributed by atoms with Crippen molar-refractivity contribution in [3.8, 4) is 0 Å². The van der Waals surface area contributed by atoms with Crippen LogP contribution in [-0.2, 0) is 0 Å². The molecule has 1 N–H and O–H groups in total. The van der Waals surface area contributed by atoms with E-state index in [0.717, 1.165) is 30.3 Å². The fraction of sp³-hybridized carbons (Fsp3) is 0.429. The third-order valence-corrected chi connectivity index (χ3v) is 3.53. The molecule has 0 radical (unpaired) electrons. The number of aromatic nitrogens is 4. The summed E-state index contributed by atoms with van der Waals surface area (Å²) >= 11 is 0. The fourth-order valence-corrected chi connectivity index (χ4v) is 2.59. The Balaban J connectivity index is 1.87. The van der Waals surface area contributed by atoms with E-state index in [0.29, 0.717) is 12.0 Å². The van der Waals surface area contributed by atoms with Gasteiger partial charge in [-0.2, -0.15) is 0 Å². The minimum absolute atomic E-state index is 0.383. The minimum Gasteiger partial charge on any atom is -0.309 e. The van der Waals surface area contributed by atoms with Crippen molar-refractivity contribution >= 4 is 11.8 Å². The molecule has 0 amide bonds. The van der Waals surface area contributed by atoms with Gasteiger partial charge < -0.3 is 5.32 Å². The van der Waals surface area contributed by atoms with E-state index in [1.165, 1.54) is 6.42 Å². The lowest BCUT2D eigenvalue weighted by atomic mass is 10.1. The molecule has 0 aromatic carbocycles. The second-order valence-corrected chi connectivity index (χ2v) is 5.06. The van der Waals surface area contributed by atoms with Crippen LogP contribution < -0.4 is 5.32 Å². The summed E-state index contributed by atoms with van der Waals surface area (Å²) in [7, 11) is 2.14. The molecule has 0 saturated carbocycles. The van der Waals surface area contributed by atoms with Crippen molar-refractivity contribution < 1.29 is 0 Å². The Morgan fingerprint density at radius 3 is 2.75 bits per heavy atom. The molecule has 20 heavy (non-hydrogen) atoms. The van der Waals surface area contributed by atoms with E-state index in [1.807, 2.05) is 13.0 Å². The van der Waals surface area contributed by atoms with Gasteiger partial charge in [0, 0.05) is 18.5 Å².